The van der Waals surface area contributed by atoms with E-state index in [-0.39, 0.29) is 7.33 Å². The zero-order valence-corrected chi connectivity index (χ0v) is 12.5. The topological polar surface area (TPSA) is 58.2 Å². The van der Waals surface area contributed by atoms with Crippen LogP contribution in [0.5, 0.6) is 5.75 Å². The molecule has 0 saturated heterocycles. The van der Waals surface area contributed by atoms with E-state index >= 15 is 0 Å². The van der Waals surface area contributed by atoms with Crippen LogP contribution in [0.15, 0.2) is 55.1 Å². The number of aromatic nitrogens is 2. The van der Waals surface area contributed by atoms with E-state index in [1.165, 1.54) is 6.08 Å². The van der Waals surface area contributed by atoms with Crippen LogP contribution in [0.4, 0.5) is 5.69 Å². The molecule has 0 spiro atoms. The van der Waals surface area contributed by atoms with E-state index in [1.54, 1.807) is 4.90 Å². The molecule has 0 radical (unpaired) electrons. The lowest BCUT2D eigenvalue weighted by atomic mass is 10.1. The van der Waals surface area contributed by atoms with Gasteiger partial charge in [0.1, 0.15) is 12.4 Å². The number of hydrogen-bond donors (Lipinski definition) is 1. The number of carbonyl (C=O) groups is 1. The van der Waals surface area contributed by atoms with Gasteiger partial charge in [0.15, 0.2) is 0 Å². The Morgan fingerprint density at radius 3 is 3.09 bits per heavy atom. The molecule has 0 unspecified atom stereocenters. The van der Waals surface area contributed by atoms with Gasteiger partial charge in [-0.2, -0.15) is 5.10 Å². The molecule has 0 atom stereocenters. The largest absolute Gasteiger partial charge is 0.490 e. The van der Waals surface area contributed by atoms with Crippen LogP contribution in [-0.4, -0.2) is 29.3 Å². The van der Waals surface area contributed by atoms with Gasteiger partial charge < -0.3 is 9.64 Å². The van der Waals surface area contributed by atoms with Crippen LogP contribution < -0.4 is 9.64 Å². The summed E-state index contributed by atoms with van der Waals surface area (Å²) >= 11 is 0. The van der Waals surface area contributed by atoms with Gasteiger partial charge in [-0.15, -0.1) is 0 Å². The van der Waals surface area contributed by atoms with Crippen LogP contribution in [0, 0.1) is 0 Å². The molecule has 1 N–H and O–H groups in total. The van der Waals surface area contributed by atoms with Crippen LogP contribution in [0.1, 0.15) is 1.43 Å². The Morgan fingerprint density at radius 2 is 2.22 bits per heavy atom. The van der Waals surface area contributed by atoms with Gasteiger partial charge in [0.05, 0.1) is 23.4 Å². The number of fused-ring (bicyclic) bond motifs is 2. The molecule has 1 aliphatic rings. The highest BCUT2D eigenvalue weighted by atomic mass is 16.5. The molecule has 5 nitrogen and oxygen atoms in total. The highest BCUT2D eigenvalue weighted by molar-refractivity contribution is 6.03. The third-order valence-electron chi connectivity index (χ3n) is 4.01. The Labute approximate surface area is 134 Å². The van der Waals surface area contributed by atoms with Crippen LogP contribution in [0.3, 0.4) is 0 Å². The second-order valence-electron chi connectivity index (χ2n) is 5.34. The van der Waals surface area contributed by atoms with Crippen LogP contribution in [0.2, 0.25) is 0 Å². The first kappa shape index (κ1) is 13.6. The fourth-order valence-electron chi connectivity index (χ4n) is 2.89. The standard InChI is InChI=1S/C18H15N3O2.H2/c1-2-17(22)21-9-10-23-16-8-7-12(11-15(16)21)18-13-5-3-4-6-14(13)19-20-18;/h2-8,11H,1,9-10H2,(H,19,20);1H. The van der Waals surface area contributed by atoms with Crippen molar-refractivity contribution in [3.05, 3.63) is 55.1 Å². The predicted octanol–water partition coefficient (Wildman–Crippen LogP) is 3.39. The summed E-state index contributed by atoms with van der Waals surface area (Å²) in [7, 11) is 0. The second kappa shape index (κ2) is 5.28. The third kappa shape index (κ3) is 2.17. The molecule has 0 bridgehead atoms. The minimum atomic E-state index is -0.126. The van der Waals surface area contributed by atoms with Gasteiger partial charge in [0, 0.05) is 12.4 Å². The van der Waals surface area contributed by atoms with Crippen LogP contribution >= 0.6 is 0 Å². The molecule has 4 rings (SSSR count). The number of H-pyrrole nitrogens is 1. The summed E-state index contributed by atoms with van der Waals surface area (Å²) < 4.78 is 5.65. The van der Waals surface area contributed by atoms with Crippen molar-refractivity contribution < 1.29 is 11.0 Å². The molecular formula is C18H17N3O2. The van der Waals surface area contributed by atoms with Crippen molar-refractivity contribution >= 4 is 22.5 Å². The van der Waals surface area contributed by atoms with Gasteiger partial charge in [-0.25, -0.2) is 0 Å². The first-order valence-corrected chi connectivity index (χ1v) is 7.42. The fourth-order valence-corrected chi connectivity index (χ4v) is 2.89. The summed E-state index contributed by atoms with van der Waals surface area (Å²) in [5.74, 6) is 0.577. The van der Waals surface area contributed by atoms with Crippen LogP contribution in [-0.2, 0) is 4.79 Å². The van der Waals surface area contributed by atoms with E-state index in [1.807, 2.05) is 42.5 Å². The monoisotopic (exact) mass is 307 g/mol. The minimum Gasteiger partial charge on any atom is -0.490 e. The normalized spacial score (nSPS) is 13.5. The van der Waals surface area contributed by atoms with Gasteiger partial charge in [0.25, 0.3) is 5.91 Å². The number of nitrogens with one attached hydrogen (secondary N) is 1. The summed E-state index contributed by atoms with van der Waals surface area (Å²) in [4.78, 5) is 13.8. The number of benzene rings is 2. The molecule has 1 amide bonds. The van der Waals surface area contributed by atoms with E-state index in [2.05, 4.69) is 16.8 Å². The van der Waals surface area contributed by atoms with Crippen molar-refractivity contribution in [2.24, 2.45) is 0 Å². The average molecular weight is 307 g/mol. The Morgan fingerprint density at radius 1 is 1.35 bits per heavy atom. The molecule has 2 aromatic carbocycles. The smallest absolute Gasteiger partial charge is 0.250 e. The maximum Gasteiger partial charge on any atom is 0.250 e. The third-order valence-corrected chi connectivity index (χ3v) is 4.01. The Hall–Kier alpha value is -3.08. The van der Waals surface area contributed by atoms with E-state index in [4.69, 9.17) is 4.74 Å². The molecule has 1 aliphatic heterocycles. The summed E-state index contributed by atoms with van der Waals surface area (Å²) in [6, 6.07) is 13.8. The predicted molar refractivity (Wildman–Crippen MR) is 91.7 cm³/mol. The molecule has 23 heavy (non-hydrogen) atoms. The molecule has 116 valence electrons. The number of aromatic amines is 1. The maximum absolute atomic E-state index is 12.1. The summed E-state index contributed by atoms with van der Waals surface area (Å²) in [5.41, 5.74) is 3.54. The van der Waals surface area contributed by atoms with Gasteiger partial charge >= 0.3 is 0 Å². The highest BCUT2D eigenvalue weighted by Gasteiger charge is 2.23. The van der Waals surface area contributed by atoms with Gasteiger partial charge in [0.2, 0.25) is 0 Å². The lowest BCUT2D eigenvalue weighted by Crippen LogP contribution is -2.36. The molecule has 2 heterocycles. The van der Waals surface area contributed by atoms with Crippen molar-refractivity contribution in [2.75, 3.05) is 18.1 Å². The second-order valence-corrected chi connectivity index (χ2v) is 5.34. The number of para-hydroxylation sites is 1. The van der Waals surface area contributed by atoms with E-state index in [9.17, 15) is 4.79 Å². The van der Waals surface area contributed by atoms with E-state index in [0.29, 0.717) is 18.9 Å². The lowest BCUT2D eigenvalue weighted by Gasteiger charge is -2.29. The molecule has 1 aromatic heterocycles. The first-order chi connectivity index (χ1) is 11.3. The number of rotatable bonds is 2. The number of carbonyl (C=O) groups excluding carboxylic acids is 1. The number of hydrogen-bond acceptors (Lipinski definition) is 3. The van der Waals surface area contributed by atoms with Crippen molar-refractivity contribution in [2.45, 2.75) is 0 Å². The van der Waals surface area contributed by atoms with Gasteiger partial charge in [-0.05, 0) is 30.3 Å². The Kier molecular flexibility index (Phi) is 3.12. The van der Waals surface area contributed by atoms with Crippen molar-refractivity contribution in [1.29, 1.82) is 0 Å². The van der Waals surface area contributed by atoms with Crippen LogP contribution in [0.25, 0.3) is 22.2 Å². The molecule has 0 aliphatic carbocycles. The first-order valence-electron chi connectivity index (χ1n) is 7.42. The zero-order chi connectivity index (χ0) is 15.8. The molecule has 0 fully saturated rings. The van der Waals surface area contributed by atoms with E-state index < -0.39 is 0 Å². The molecule has 5 heteroatoms. The average Bonchev–Trinajstić information content (AvgIpc) is 3.04. The zero-order valence-electron chi connectivity index (χ0n) is 12.5. The van der Waals surface area contributed by atoms with Gasteiger partial charge in [-0.1, -0.05) is 24.8 Å². The quantitative estimate of drug-likeness (QED) is 0.738. The number of nitrogens with zero attached hydrogens (tertiary/aromatic N) is 2. The van der Waals surface area contributed by atoms with Gasteiger partial charge in [-0.3, -0.25) is 9.89 Å². The number of amides is 1. The lowest BCUT2D eigenvalue weighted by molar-refractivity contribution is -0.114. The molecule has 0 saturated carbocycles. The molecular weight excluding hydrogens is 290 g/mol. The van der Waals surface area contributed by atoms with E-state index in [0.717, 1.165) is 27.8 Å². The summed E-state index contributed by atoms with van der Waals surface area (Å²) in [6.45, 7) is 4.57. The Balaban J connectivity index is 0.00000169. The number of anilines is 1. The number of ether oxygens (including phenoxy) is 1. The summed E-state index contributed by atoms with van der Waals surface area (Å²) in [6.07, 6.45) is 1.33. The fraction of sp³-hybridized carbons (Fsp3) is 0.111. The van der Waals surface area contributed by atoms with Crippen molar-refractivity contribution in [1.82, 2.24) is 10.2 Å². The Bertz CT molecular complexity index is 920. The maximum atomic E-state index is 12.1. The van der Waals surface area contributed by atoms with Crippen molar-refractivity contribution in [3.63, 3.8) is 0 Å². The van der Waals surface area contributed by atoms with Crippen molar-refractivity contribution in [3.8, 4) is 17.0 Å². The SMILES string of the molecule is C=CC(=O)N1CCOc2ccc(-c3n[nH]c4ccccc34)cc21.[HH]. The summed E-state index contributed by atoms with van der Waals surface area (Å²) in [5, 5.41) is 8.50. The molecule has 3 aromatic rings. The minimum absolute atomic E-state index is 0. The highest BCUT2D eigenvalue weighted by Crippen LogP contribution is 2.37.